The minimum Gasteiger partial charge on any atom is -0.361 e. The quantitative estimate of drug-likeness (QED) is 0.486. The Labute approximate surface area is 84.4 Å². The predicted molar refractivity (Wildman–Crippen MR) is 54.1 cm³/mol. The van der Waals surface area contributed by atoms with E-state index in [4.69, 9.17) is 15.4 Å². The molecule has 0 spiro atoms. The van der Waals surface area contributed by atoms with Crippen molar-refractivity contribution in [2.75, 3.05) is 11.9 Å². The summed E-state index contributed by atoms with van der Waals surface area (Å²) < 4.78 is 19.4. The second kappa shape index (κ2) is 4.52. The number of benzene rings is 1. The van der Waals surface area contributed by atoms with E-state index in [1.807, 2.05) is 0 Å². The third kappa shape index (κ3) is 2.52. The van der Waals surface area contributed by atoms with Gasteiger partial charge in [-0.1, -0.05) is 0 Å². The number of hydrogen-bond donors (Lipinski definition) is 3. The van der Waals surface area contributed by atoms with Crippen molar-refractivity contribution in [2.45, 2.75) is 11.2 Å². The molecule has 2 unspecified atom stereocenters. The molecular weight excluding hydrogens is 204 g/mol. The van der Waals surface area contributed by atoms with Crippen LogP contribution in [0.5, 0.6) is 0 Å². The van der Waals surface area contributed by atoms with Crippen molar-refractivity contribution in [3.63, 3.8) is 0 Å². The first-order valence-electron chi connectivity index (χ1n) is 3.90. The molecule has 2 atom stereocenters. The topological polar surface area (TPSA) is 86.8 Å². The van der Waals surface area contributed by atoms with Gasteiger partial charge in [-0.2, -0.15) is 0 Å². The average molecular weight is 216 g/mol. The highest BCUT2D eigenvalue weighted by Crippen LogP contribution is 2.15. The molecule has 0 fully saturated rings. The fourth-order valence-corrected chi connectivity index (χ4v) is 1.32. The van der Waals surface area contributed by atoms with Gasteiger partial charge in [-0.3, -0.25) is 5.73 Å². The van der Waals surface area contributed by atoms with Gasteiger partial charge >= 0.3 is 0 Å². The van der Waals surface area contributed by atoms with Crippen LogP contribution in [0, 0.1) is 0 Å². The lowest BCUT2D eigenvalue weighted by molar-refractivity contribution is 0.183. The predicted octanol–water partition coefficient (Wildman–Crippen LogP) is -0.0620. The van der Waals surface area contributed by atoms with Gasteiger partial charge in [-0.15, -0.1) is 0 Å². The van der Waals surface area contributed by atoms with Crippen molar-refractivity contribution in [1.82, 2.24) is 0 Å². The lowest BCUT2D eigenvalue weighted by atomic mass is 10.3. The molecule has 0 aromatic heterocycles. The van der Waals surface area contributed by atoms with Crippen molar-refractivity contribution in [1.29, 1.82) is 0 Å². The van der Waals surface area contributed by atoms with Crippen molar-refractivity contribution in [2.24, 2.45) is 5.73 Å². The lowest BCUT2D eigenvalue weighted by Gasteiger charge is -2.21. The van der Waals surface area contributed by atoms with E-state index in [9.17, 15) is 4.21 Å². The summed E-state index contributed by atoms with van der Waals surface area (Å²) in [5, 5.41) is 9.05. The third-order valence-corrected chi connectivity index (χ3v) is 2.52. The van der Waals surface area contributed by atoms with Crippen LogP contribution in [0.2, 0.25) is 0 Å². The molecule has 1 aromatic rings. The van der Waals surface area contributed by atoms with Gasteiger partial charge in [0.1, 0.15) is 0 Å². The van der Waals surface area contributed by atoms with E-state index >= 15 is 0 Å². The molecule has 0 heterocycles. The van der Waals surface area contributed by atoms with Gasteiger partial charge in [0.05, 0.1) is 4.90 Å². The van der Waals surface area contributed by atoms with E-state index in [1.165, 1.54) is 17.0 Å². The average Bonchev–Trinajstić information content (AvgIpc) is 2.16. The number of aliphatic hydroxyl groups is 1. The first-order valence-corrected chi connectivity index (χ1v) is 5.00. The third-order valence-electron chi connectivity index (χ3n) is 1.84. The maximum absolute atomic E-state index is 10.6. The van der Waals surface area contributed by atoms with Crippen LogP contribution in [0.3, 0.4) is 0 Å². The van der Waals surface area contributed by atoms with Crippen molar-refractivity contribution < 1.29 is 13.9 Å². The number of hydrogen-bond acceptors (Lipinski definition) is 4. The van der Waals surface area contributed by atoms with Gasteiger partial charge in [0.15, 0.2) is 17.4 Å². The van der Waals surface area contributed by atoms with E-state index < -0.39 is 17.4 Å². The Balaban J connectivity index is 2.88. The number of rotatable bonds is 3. The molecule has 5 nitrogen and oxygen atoms in total. The summed E-state index contributed by atoms with van der Waals surface area (Å²) in [5.41, 5.74) is 5.91. The van der Waals surface area contributed by atoms with Crippen LogP contribution in [0.1, 0.15) is 0 Å². The zero-order valence-electron chi connectivity index (χ0n) is 7.62. The smallest absolute Gasteiger partial charge is 0.186 e. The highest BCUT2D eigenvalue weighted by molar-refractivity contribution is 7.79. The van der Waals surface area contributed by atoms with Crippen molar-refractivity contribution in [3.8, 4) is 0 Å². The Morgan fingerprint density at radius 3 is 2.29 bits per heavy atom. The molecule has 0 bridgehead atoms. The van der Waals surface area contributed by atoms with Gasteiger partial charge in [0, 0.05) is 12.7 Å². The Morgan fingerprint density at radius 1 is 1.43 bits per heavy atom. The minimum atomic E-state index is -1.97. The summed E-state index contributed by atoms with van der Waals surface area (Å²) in [5.74, 6) is 0. The Bertz CT molecular complexity index is 326. The highest BCUT2D eigenvalue weighted by atomic mass is 32.2. The maximum Gasteiger partial charge on any atom is 0.186 e. The van der Waals surface area contributed by atoms with E-state index in [1.54, 1.807) is 19.2 Å². The maximum atomic E-state index is 10.6. The summed E-state index contributed by atoms with van der Waals surface area (Å²) in [6.45, 7) is 0. The van der Waals surface area contributed by atoms with Crippen LogP contribution < -0.4 is 10.6 Å². The molecule has 0 aliphatic heterocycles. The van der Waals surface area contributed by atoms with Crippen LogP contribution in [-0.4, -0.2) is 27.3 Å². The Kier molecular flexibility index (Phi) is 3.59. The second-order valence-electron chi connectivity index (χ2n) is 2.77. The number of aliphatic hydroxyl groups excluding tert-OH is 1. The van der Waals surface area contributed by atoms with Crippen LogP contribution in [0.4, 0.5) is 5.69 Å². The summed E-state index contributed by atoms with van der Waals surface area (Å²) in [4.78, 5) is 1.75. The summed E-state index contributed by atoms with van der Waals surface area (Å²) in [6.07, 6.45) is -1.08. The Morgan fingerprint density at radius 2 is 1.93 bits per heavy atom. The standard InChI is InChI=1S/C8H12N2O3S/c1-10(8(9)11)6-2-4-7(5-3-6)14(12)13/h2-5,8,11H,9H2,1H3,(H,12,13). The van der Waals surface area contributed by atoms with Gasteiger partial charge < -0.3 is 14.6 Å². The lowest BCUT2D eigenvalue weighted by Crippen LogP contribution is -2.38. The van der Waals surface area contributed by atoms with Crippen molar-refractivity contribution >= 4 is 16.8 Å². The normalized spacial score (nSPS) is 14.9. The first kappa shape index (κ1) is 11.1. The van der Waals surface area contributed by atoms with Crippen LogP contribution in [0.15, 0.2) is 29.2 Å². The van der Waals surface area contributed by atoms with Crippen LogP contribution in [0.25, 0.3) is 0 Å². The summed E-state index contributed by atoms with van der Waals surface area (Å²) >= 11 is -1.97. The SMILES string of the molecule is CN(c1ccc(S(=O)O)cc1)C(N)O. The van der Waals surface area contributed by atoms with Crippen molar-refractivity contribution in [3.05, 3.63) is 24.3 Å². The molecule has 1 aromatic carbocycles. The van der Waals surface area contributed by atoms with Gasteiger partial charge in [0.25, 0.3) is 0 Å². The number of anilines is 1. The fraction of sp³-hybridized carbons (Fsp3) is 0.250. The van der Waals surface area contributed by atoms with Gasteiger partial charge in [-0.05, 0) is 24.3 Å². The molecule has 4 N–H and O–H groups in total. The molecule has 0 saturated heterocycles. The molecule has 0 saturated carbocycles. The molecule has 0 amide bonds. The van der Waals surface area contributed by atoms with E-state index in [-0.39, 0.29) is 0 Å². The molecule has 0 aliphatic rings. The highest BCUT2D eigenvalue weighted by Gasteiger charge is 2.06. The molecule has 1 rings (SSSR count). The molecule has 14 heavy (non-hydrogen) atoms. The summed E-state index contributed by atoms with van der Waals surface area (Å²) in [7, 11) is 1.62. The number of nitrogens with zero attached hydrogens (tertiary/aromatic N) is 1. The van der Waals surface area contributed by atoms with E-state index in [0.29, 0.717) is 10.6 Å². The zero-order chi connectivity index (χ0) is 10.7. The molecule has 6 heteroatoms. The summed E-state index contributed by atoms with van der Waals surface area (Å²) in [6, 6.07) is 6.23. The zero-order valence-corrected chi connectivity index (χ0v) is 8.44. The minimum absolute atomic E-state index is 0.314. The number of nitrogens with two attached hydrogens (primary N) is 1. The molecule has 0 aliphatic carbocycles. The molecule has 78 valence electrons. The second-order valence-corrected chi connectivity index (χ2v) is 3.74. The van der Waals surface area contributed by atoms with E-state index in [2.05, 4.69) is 0 Å². The van der Waals surface area contributed by atoms with E-state index in [0.717, 1.165) is 0 Å². The van der Waals surface area contributed by atoms with Crippen LogP contribution in [-0.2, 0) is 11.1 Å². The molecule has 0 radical (unpaired) electrons. The van der Waals surface area contributed by atoms with Gasteiger partial charge in [0.2, 0.25) is 0 Å². The van der Waals surface area contributed by atoms with Gasteiger partial charge in [-0.25, -0.2) is 4.21 Å². The Hall–Kier alpha value is -0.950. The first-order chi connectivity index (χ1) is 6.52. The molecular formula is C8H12N2O3S. The largest absolute Gasteiger partial charge is 0.361 e. The monoisotopic (exact) mass is 216 g/mol. The fourth-order valence-electron chi connectivity index (χ4n) is 0.950. The van der Waals surface area contributed by atoms with Crippen LogP contribution >= 0.6 is 0 Å².